The molecule has 3 nitrogen and oxygen atoms in total. The summed E-state index contributed by atoms with van der Waals surface area (Å²) in [4.78, 5) is 11.6. The van der Waals surface area contributed by atoms with Crippen LogP contribution < -0.4 is 0 Å². The lowest BCUT2D eigenvalue weighted by Gasteiger charge is -2.26. The molecule has 2 bridgehead atoms. The molecule has 2 saturated heterocycles. The van der Waals surface area contributed by atoms with Crippen LogP contribution in [0.2, 0.25) is 0 Å². The van der Waals surface area contributed by atoms with Crippen molar-refractivity contribution in [2.75, 3.05) is 6.61 Å². The lowest BCUT2D eigenvalue weighted by atomic mass is 9.91. The van der Waals surface area contributed by atoms with Gasteiger partial charge in [-0.15, -0.1) is 0 Å². The third-order valence-corrected chi connectivity index (χ3v) is 3.00. The summed E-state index contributed by atoms with van der Waals surface area (Å²) in [6, 6.07) is 0. The second-order valence-corrected chi connectivity index (χ2v) is 3.61. The summed E-state index contributed by atoms with van der Waals surface area (Å²) in [7, 11) is 0. The summed E-state index contributed by atoms with van der Waals surface area (Å²) in [5.41, 5.74) is -0.584. The van der Waals surface area contributed by atoms with Crippen LogP contribution in [-0.4, -0.2) is 30.2 Å². The Morgan fingerprint density at radius 3 is 3.42 bits per heavy atom. The molecular formula is C9H10O3. The molecule has 0 amide bonds. The maximum Gasteiger partial charge on any atom is 0.190 e. The highest BCUT2D eigenvalue weighted by molar-refractivity contribution is 5.99. The maximum absolute atomic E-state index is 11.6. The Hall–Kier alpha value is -0.670. The molecule has 2 fully saturated rings. The molecule has 0 N–H and O–H groups in total. The molecule has 0 aromatic heterocycles. The van der Waals surface area contributed by atoms with Crippen LogP contribution in [0, 0.1) is 0 Å². The van der Waals surface area contributed by atoms with Crippen LogP contribution in [0.15, 0.2) is 12.2 Å². The molecule has 0 radical (unpaired) electrons. The van der Waals surface area contributed by atoms with E-state index in [4.69, 9.17) is 9.47 Å². The topological polar surface area (TPSA) is 35.5 Å². The SMILES string of the molecule is O=C1C=CC2CC3OCCC13O2. The van der Waals surface area contributed by atoms with E-state index < -0.39 is 5.60 Å². The van der Waals surface area contributed by atoms with Gasteiger partial charge >= 0.3 is 0 Å². The molecule has 3 rings (SSSR count). The molecule has 3 heteroatoms. The summed E-state index contributed by atoms with van der Waals surface area (Å²) < 4.78 is 11.1. The van der Waals surface area contributed by atoms with Crippen molar-refractivity contribution in [3.63, 3.8) is 0 Å². The van der Waals surface area contributed by atoms with Gasteiger partial charge in [0.1, 0.15) is 0 Å². The van der Waals surface area contributed by atoms with E-state index in [-0.39, 0.29) is 18.0 Å². The molecule has 3 atom stereocenters. The summed E-state index contributed by atoms with van der Waals surface area (Å²) in [5, 5.41) is 0. The fourth-order valence-corrected chi connectivity index (χ4v) is 2.36. The van der Waals surface area contributed by atoms with Crippen molar-refractivity contribution in [2.45, 2.75) is 30.7 Å². The van der Waals surface area contributed by atoms with Crippen molar-refractivity contribution < 1.29 is 14.3 Å². The third-order valence-electron chi connectivity index (χ3n) is 3.00. The van der Waals surface area contributed by atoms with Crippen LogP contribution in [-0.2, 0) is 14.3 Å². The van der Waals surface area contributed by atoms with E-state index >= 15 is 0 Å². The summed E-state index contributed by atoms with van der Waals surface area (Å²) in [5.74, 6) is 0.0961. The highest BCUT2D eigenvalue weighted by atomic mass is 16.6. The van der Waals surface area contributed by atoms with Gasteiger partial charge in [0.05, 0.1) is 18.8 Å². The van der Waals surface area contributed by atoms with E-state index in [2.05, 4.69) is 0 Å². The minimum absolute atomic E-state index is 0.0185. The van der Waals surface area contributed by atoms with E-state index in [0.717, 1.165) is 12.8 Å². The first-order valence-electron chi connectivity index (χ1n) is 4.33. The zero-order valence-electron chi connectivity index (χ0n) is 6.66. The second kappa shape index (κ2) is 1.98. The predicted molar refractivity (Wildman–Crippen MR) is 40.7 cm³/mol. The fraction of sp³-hybridized carbons (Fsp3) is 0.667. The average Bonchev–Trinajstić information content (AvgIpc) is 2.52. The number of hydrogen-bond acceptors (Lipinski definition) is 3. The van der Waals surface area contributed by atoms with Gasteiger partial charge in [0, 0.05) is 12.8 Å². The molecule has 0 aliphatic carbocycles. The van der Waals surface area contributed by atoms with E-state index in [0.29, 0.717) is 6.61 Å². The Morgan fingerprint density at radius 2 is 2.50 bits per heavy atom. The number of carbonyl (C=O) groups excluding carboxylic acids is 1. The quantitative estimate of drug-likeness (QED) is 0.524. The summed E-state index contributed by atoms with van der Waals surface area (Å²) >= 11 is 0. The average molecular weight is 166 g/mol. The minimum Gasteiger partial charge on any atom is -0.374 e. The van der Waals surface area contributed by atoms with Crippen LogP contribution in [0.1, 0.15) is 12.8 Å². The molecule has 0 aromatic carbocycles. The molecule has 3 heterocycles. The number of hydrogen-bond donors (Lipinski definition) is 0. The zero-order valence-corrected chi connectivity index (χ0v) is 6.66. The van der Waals surface area contributed by atoms with E-state index in [1.54, 1.807) is 6.08 Å². The van der Waals surface area contributed by atoms with E-state index in [1.807, 2.05) is 6.08 Å². The van der Waals surface area contributed by atoms with Crippen molar-refractivity contribution in [1.82, 2.24) is 0 Å². The molecule has 1 spiro atoms. The van der Waals surface area contributed by atoms with Gasteiger partial charge < -0.3 is 9.47 Å². The van der Waals surface area contributed by atoms with Crippen molar-refractivity contribution in [1.29, 1.82) is 0 Å². The zero-order chi connectivity index (χ0) is 8.18. The maximum atomic E-state index is 11.6. The first kappa shape index (κ1) is 6.80. The van der Waals surface area contributed by atoms with Crippen LogP contribution >= 0.6 is 0 Å². The Morgan fingerprint density at radius 1 is 1.58 bits per heavy atom. The Kier molecular flexibility index (Phi) is 1.12. The first-order valence-corrected chi connectivity index (χ1v) is 4.33. The van der Waals surface area contributed by atoms with Gasteiger partial charge in [-0.05, 0) is 6.08 Å². The van der Waals surface area contributed by atoms with Gasteiger partial charge in [0.25, 0.3) is 0 Å². The number of fused-ring (bicyclic) bond motifs is 1. The molecule has 3 aliphatic heterocycles. The standard InChI is InChI=1S/C9H10O3/c10-7-2-1-6-5-8-9(7,12-6)3-4-11-8/h1-2,6,8H,3-5H2. The van der Waals surface area contributed by atoms with Gasteiger partial charge in [-0.25, -0.2) is 0 Å². The highest BCUT2D eigenvalue weighted by Gasteiger charge is 2.58. The number of ether oxygens (including phenoxy) is 2. The number of ketones is 1. The number of rotatable bonds is 0. The van der Waals surface area contributed by atoms with Crippen LogP contribution in [0.5, 0.6) is 0 Å². The highest BCUT2D eigenvalue weighted by Crippen LogP contribution is 2.43. The Balaban J connectivity index is 2.09. The van der Waals surface area contributed by atoms with Crippen molar-refractivity contribution in [3.8, 4) is 0 Å². The molecule has 0 saturated carbocycles. The molecule has 3 unspecified atom stereocenters. The van der Waals surface area contributed by atoms with Crippen LogP contribution in [0.25, 0.3) is 0 Å². The van der Waals surface area contributed by atoms with E-state index in [9.17, 15) is 4.79 Å². The fourth-order valence-electron chi connectivity index (χ4n) is 2.36. The van der Waals surface area contributed by atoms with Crippen molar-refractivity contribution in [2.24, 2.45) is 0 Å². The van der Waals surface area contributed by atoms with Gasteiger partial charge in [-0.1, -0.05) is 6.08 Å². The second-order valence-electron chi connectivity index (χ2n) is 3.61. The van der Waals surface area contributed by atoms with Gasteiger partial charge in [0.15, 0.2) is 11.4 Å². The molecule has 3 aliphatic rings. The normalized spacial score (nSPS) is 49.8. The monoisotopic (exact) mass is 166 g/mol. The first-order chi connectivity index (χ1) is 5.81. The molecule has 0 aromatic rings. The summed E-state index contributed by atoms with van der Waals surface area (Å²) in [6.07, 6.45) is 5.22. The van der Waals surface area contributed by atoms with Gasteiger partial charge in [0.2, 0.25) is 0 Å². The van der Waals surface area contributed by atoms with Crippen LogP contribution in [0.4, 0.5) is 0 Å². The smallest absolute Gasteiger partial charge is 0.190 e. The Bertz CT molecular complexity index is 271. The van der Waals surface area contributed by atoms with Crippen molar-refractivity contribution in [3.05, 3.63) is 12.2 Å². The summed E-state index contributed by atoms with van der Waals surface area (Å²) in [6.45, 7) is 0.664. The molecular weight excluding hydrogens is 156 g/mol. The van der Waals surface area contributed by atoms with E-state index in [1.165, 1.54) is 0 Å². The van der Waals surface area contributed by atoms with Crippen molar-refractivity contribution >= 4 is 5.78 Å². The lowest BCUT2D eigenvalue weighted by Crippen LogP contribution is -2.44. The Labute approximate surface area is 70.3 Å². The predicted octanol–water partition coefficient (Wildman–Crippen LogP) is 0.442. The minimum atomic E-state index is -0.584. The van der Waals surface area contributed by atoms with Gasteiger partial charge in [-0.2, -0.15) is 0 Å². The lowest BCUT2D eigenvalue weighted by molar-refractivity contribution is -0.140. The molecule has 12 heavy (non-hydrogen) atoms. The third kappa shape index (κ3) is 0.619. The number of carbonyl (C=O) groups is 1. The molecule has 64 valence electrons. The van der Waals surface area contributed by atoms with Gasteiger partial charge in [-0.3, -0.25) is 4.79 Å². The van der Waals surface area contributed by atoms with Crippen LogP contribution in [0.3, 0.4) is 0 Å². The largest absolute Gasteiger partial charge is 0.374 e.